The number of hydrogen-bond acceptors (Lipinski definition) is 5. The number of aliphatic hydroxyl groups is 1. The molecule has 6 heteroatoms. The first-order valence-corrected chi connectivity index (χ1v) is 4.80. The van der Waals surface area contributed by atoms with Gasteiger partial charge in [-0.15, -0.1) is 11.3 Å². The topological polar surface area (TPSA) is 69.1 Å². The molecule has 0 fully saturated rings. The Hall–Kier alpha value is 0.336. The Labute approximate surface area is 133 Å². The summed E-state index contributed by atoms with van der Waals surface area (Å²) in [6.07, 6.45) is 1.33. The zero-order chi connectivity index (χ0) is 9.97. The maximum atomic E-state index is 10.7. The van der Waals surface area contributed by atoms with E-state index in [1.165, 1.54) is 6.20 Å². The van der Waals surface area contributed by atoms with Gasteiger partial charge in [0, 0.05) is 23.6 Å². The van der Waals surface area contributed by atoms with E-state index in [0.717, 1.165) is 11.3 Å². The minimum atomic E-state index is -1.70. The first-order valence-electron chi connectivity index (χ1n) is 3.98. The van der Waals surface area contributed by atoms with Gasteiger partial charge in [-0.3, -0.25) is 4.98 Å². The molecule has 0 spiro atoms. The van der Waals surface area contributed by atoms with Crippen molar-refractivity contribution >= 4 is 11.3 Å². The van der Waals surface area contributed by atoms with E-state index in [1.807, 2.05) is 6.07 Å². The number of nitrogens with zero attached hydrogens (tertiary/aromatic N) is 2. The summed E-state index contributed by atoms with van der Waals surface area (Å²) >= 11 is 1.16. The average Bonchev–Trinajstić information content (AvgIpc) is 2.68. The predicted octanol–water partition coefficient (Wildman–Crippen LogP) is -2.44. The molecule has 2 heterocycles. The summed E-state index contributed by atoms with van der Waals surface area (Å²) in [6, 6.07) is 5.46. The minimum Gasteiger partial charge on any atom is -0.827 e. The zero-order valence-electron chi connectivity index (χ0n) is 8.12. The third kappa shape index (κ3) is 3.40. The van der Waals surface area contributed by atoms with Crippen LogP contribution in [0.5, 0.6) is 0 Å². The van der Waals surface area contributed by atoms with E-state index in [4.69, 9.17) is 5.11 Å². The van der Waals surface area contributed by atoms with Gasteiger partial charge in [-0.1, -0.05) is 6.07 Å². The van der Waals surface area contributed by atoms with Gasteiger partial charge in [-0.2, -0.15) is 0 Å². The summed E-state index contributed by atoms with van der Waals surface area (Å²) in [6.45, 7) is 0. The van der Waals surface area contributed by atoms with E-state index in [1.54, 1.807) is 18.3 Å². The third-order valence-corrected chi connectivity index (χ3v) is 2.70. The second kappa shape index (κ2) is 6.17. The quantitative estimate of drug-likeness (QED) is 0.472. The Morgan fingerprint density at radius 3 is 2.67 bits per heavy atom. The smallest absolute Gasteiger partial charge is 0.827 e. The largest absolute Gasteiger partial charge is 1.00 e. The van der Waals surface area contributed by atoms with Crippen LogP contribution in [0.15, 0.2) is 30.6 Å². The number of hydrogen-bond donors (Lipinski definition) is 1. The van der Waals surface area contributed by atoms with Crippen LogP contribution >= 0.6 is 11.3 Å². The first kappa shape index (κ1) is 13.4. The molecule has 0 saturated carbocycles. The molecule has 0 amide bonds. The molecule has 1 unspecified atom stereocenters. The van der Waals surface area contributed by atoms with Crippen LogP contribution in [0.4, 0.5) is 0 Å². The Balaban J connectivity index is 0.00000112. The normalized spacial score (nSPS) is 11.9. The molecule has 0 bridgehead atoms. The van der Waals surface area contributed by atoms with Gasteiger partial charge in [0.1, 0.15) is 5.01 Å². The van der Waals surface area contributed by atoms with Gasteiger partial charge < -0.3 is 10.2 Å². The first-order chi connectivity index (χ1) is 6.77. The molecule has 0 aromatic carbocycles. The molecule has 4 nitrogen and oxygen atoms in total. The van der Waals surface area contributed by atoms with Crippen molar-refractivity contribution in [1.82, 2.24) is 9.97 Å². The maximum Gasteiger partial charge on any atom is 1.00 e. The summed E-state index contributed by atoms with van der Waals surface area (Å²) in [4.78, 5) is 8.40. The SMILES string of the molecule is [K+].[O-]C(O)c1cnc(-c2ccccn2)s1. The van der Waals surface area contributed by atoms with Crippen LogP contribution < -0.4 is 56.5 Å². The van der Waals surface area contributed by atoms with Crippen LogP contribution in [0, 0.1) is 0 Å². The third-order valence-electron chi connectivity index (χ3n) is 1.65. The number of pyridine rings is 1. The van der Waals surface area contributed by atoms with Crippen molar-refractivity contribution in [3.63, 3.8) is 0 Å². The van der Waals surface area contributed by atoms with E-state index in [-0.39, 0.29) is 51.4 Å². The minimum absolute atomic E-state index is 0. The standard InChI is InChI=1S/C9H7N2O2S.K/c12-9(13)7-5-11-8(14-7)6-3-1-2-4-10-6;/h1-5,9,12H;/q-1;+1. The van der Waals surface area contributed by atoms with Crippen molar-refractivity contribution in [2.75, 3.05) is 0 Å². The van der Waals surface area contributed by atoms with Crippen molar-refractivity contribution in [3.05, 3.63) is 35.5 Å². The van der Waals surface area contributed by atoms with Gasteiger partial charge in [0.2, 0.25) is 0 Å². The second-order valence-corrected chi connectivity index (χ2v) is 3.70. The van der Waals surface area contributed by atoms with Crippen molar-refractivity contribution in [2.45, 2.75) is 6.29 Å². The van der Waals surface area contributed by atoms with Gasteiger partial charge in [-0.05, 0) is 12.1 Å². The van der Waals surface area contributed by atoms with Crippen LogP contribution in [0.25, 0.3) is 10.7 Å². The van der Waals surface area contributed by atoms with E-state index >= 15 is 0 Å². The number of aromatic nitrogens is 2. The van der Waals surface area contributed by atoms with Gasteiger partial charge >= 0.3 is 51.4 Å². The molecular formula is C9H7KN2O2S. The molecule has 2 aromatic heterocycles. The van der Waals surface area contributed by atoms with E-state index < -0.39 is 6.29 Å². The zero-order valence-corrected chi connectivity index (χ0v) is 12.1. The molecule has 15 heavy (non-hydrogen) atoms. The van der Waals surface area contributed by atoms with Crippen molar-refractivity contribution in [2.24, 2.45) is 0 Å². The number of aliphatic hydroxyl groups excluding tert-OH is 1. The summed E-state index contributed by atoms with van der Waals surface area (Å²) in [5, 5.41) is 20.1. The monoisotopic (exact) mass is 246 g/mol. The molecule has 1 atom stereocenters. The fourth-order valence-corrected chi connectivity index (χ4v) is 1.77. The molecule has 0 aliphatic carbocycles. The summed E-state index contributed by atoms with van der Waals surface area (Å²) in [5.41, 5.74) is 0.712. The maximum absolute atomic E-state index is 10.7. The van der Waals surface area contributed by atoms with Crippen molar-refractivity contribution < 1.29 is 61.6 Å². The van der Waals surface area contributed by atoms with Gasteiger partial charge in [0.25, 0.3) is 0 Å². The van der Waals surface area contributed by atoms with Gasteiger partial charge in [-0.25, -0.2) is 4.98 Å². The molecule has 0 aliphatic heterocycles. The second-order valence-electron chi connectivity index (χ2n) is 2.64. The number of thiazole rings is 1. The Kier molecular flexibility index (Phi) is 5.51. The molecule has 2 aromatic rings. The summed E-state index contributed by atoms with van der Waals surface area (Å²) in [5.74, 6) is 0. The number of rotatable bonds is 2. The molecular weight excluding hydrogens is 239 g/mol. The molecule has 1 N–H and O–H groups in total. The van der Waals surface area contributed by atoms with Crippen LogP contribution in [0.3, 0.4) is 0 Å². The predicted molar refractivity (Wildman–Crippen MR) is 50.3 cm³/mol. The van der Waals surface area contributed by atoms with Crippen molar-refractivity contribution in [1.29, 1.82) is 0 Å². The van der Waals surface area contributed by atoms with Crippen LogP contribution in [-0.4, -0.2) is 15.1 Å². The molecule has 0 aliphatic rings. The fourth-order valence-electron chi connectivity index (χ4n) is 1.01. The van der Waals surface area contributed by atoms with E-state index in [9.17, 15) is 5.11 Å². The summed E-state index contributed by atoms with van der Waals surface area (Å²) < 4.78 is 0. The molecule has 2 rings (SSSR count). The van der Waals surface area contributed by atoms with Crippen LogP contribution in [0.2, 0.25) is 0 Å². The average molecular weight is 246 g/mol. The molecule has 0 radical (unpaired) electrons. The van der Waals surface area contributed by atoms with Gasteiger partial charge in [0.15, 0.2) is 0 Å². The molecule has 0 saturated heterocycles. The van der Waals surface area contributed by atoms with Gasteiger partial charge in [0.05, 0.1) is 5.69 Å². The van der Waals surface area contributed by atoms with Crippen molar-refractivity contribution in [3.8, 4) is 10.7 Å². The van der Waals surface area contributed by atoms with Crippen LogP contribution in [-0.2, 0) is 0 Å². The Morgan fingerprint density at radius 1 is 1.33 bits per heavy atom. The Bertz CT molecular complexity index is 419. The van der Waals surface area contributed by atoms with Crippen LogP contribution in [0.1, 0.15) is 11.2 Å². The molecule has 72 valence electrons. The Morgan fingerprint density at radius 2 is 2.13 bits per heavy atom. The van der Waals surface area contributed by atoms with E-state index in [0.29, 0.717) is 15.6 Å². The fraction of sp³-hybridized carbons (Fsp3) is 0.111. The van der Waals surface area contributed by atoms with E-state index in [2.05, 4.69) is 9.97 Å². The summed E-state index contributed by atoms with van der Waals surface area (Å²) in [7, 11) is 0.